The van der Waals surface area contributed by atoms with E-state index in [1.807, 2.05) is 4.57 Å². The highest BCUT2D eigenvalue weighted by molar-refractivity contribution is 7.90. The lowest BCUT2D eigenvalue weighted by Gasteiger charge is -2.43. The molecule has 4 rings (SSSR count). The first-order chi connectivity index (χ1) is 13.2. The number of pyridine rings is 2. The van der Waals surface area contributed by atoms with Crippen molar-refractivity contribution in [2.75, 3.05) is 25.9 Å². The third-order valence-corrected chi connectivity index (χ3v) is 6.81. The molecule has 0 spiro atoms. The monoisotopic (exact) mass is 401 g/mol. The third kappa shape index (κ3) is 3.78. The number of likely N-dealkylation sites (tertiary alicyclic amines) is 1. The van der Waals surface area contributed by atoms with E-state index in [4.69, 9.17) is 0 Å². The quantitative estimate of drug-likeness (QED) is 0.787. The van der Waals surface area contributed by atoms with Crippen LogP contribution in [0.2, 0.25) is 0 Å². The second kappa shape index (κ2) is 7.12. The minimum absolute atomic E-state index is 0.00787. The highest BCUT2D eigenvalue weighted by Gasteiger charge is 2.35. The van der Waals surface area contributed by atoms with Crippen molar-refractivity contribution in [3.05, 3.63) is 46.5 Å². The number of rotatable bonds is 4. The molecular weight excluding hydrogens is 374 g/mol. The van der Waals surface area contributed by atoms with Gasteiger partial charge in [0.2, 0.25) is 0 Å². The SMILES string of the molecule is CC(C)CN1C[C@@H]2C[C@H](C1)c1cc(-c3ccc(S(C)(=O)=O)cn3)cc(=O)n1C2. The van der Waals surface area contributed by atoms with Crippen LogP contribution in [-0.4, -0.2) is 48.8 Å². The summed E-state index contributed by atoms with van der Waals surface area (Å²) >= 11 is 0. The van der Waals surface area contributed by atoms with Crippen molar-refractivity contribution in [3.8, 4) is 11.3 Å². The maximum atomic E-state index is 12.8. The first kappa shape index (κ1) is 19.3. The van der Waals surface area contributed by atoms with Gasteiger partial charge in [0, 0.05) is 61.9 Å². The van der Waals surface area contributed by atoms with E-state index in [0.717, 1.165) is 50.1 Å². The molecule has 0 saturated carbocycles. The molecule has 0 aliphatic carbocycles. The Morgan fingerprint density at radius 1 is 1.18 bits per heavy atom. The molecule has 2 aliphatic rings. The average molecular weight is 402 g/mol. The first-order valence-electron chi connectivity index (χ1n) is 9.84. The summed E-state index contributed by atoms with van der Waals surface area (Å²) in [6.45, 7) is 8.40. The van der Waals surface area contributed by atoms with Crippen LogP contribution in [-0.2, 0) is 16.4 Å². The van der Waals surface area contributed by atoms with Crippen LogP contribution in [0.15, 0.2) is 40.2 Å². The minimum Gasteiger partial charge on any atom is -0.312 e. The number of aromatic nitrogens is 2. The number of hydrogen-bond acceptors (Lipinski definition) is 5. The Hall–Kier alpha value is -1.99. The van der Waals surface area contributed by atoms with Crippen LogP contribution in [0.1, 0.15) is 31.9 Å². The van der Waals surface area contributed by atoms with Gasteiger partial charge < -0.3 is 9.47 Å². The number of hydrogen-bond donors (Lipinski definition) is 0. The van der Waals surface area contributed by atoms with E-state index in [1.54, 1.807) is 18.2 Å². The molecule has 7 heteroatoms. The summed E-state index contributed by atoms with van der Waals surface area (Å²) in [7, 11) is -3.29. The normalized spacial score (nSPS) is 22.3. The fourth-order valence-corrected chi connectivity index (χ4v) is 5.20. The standard InChI is InChI=1S/C21H27N3O3S/c1-14(2)10-23-11-15-6-17(13-23)20-7-16(8-21(25)24(20)12-15)19-5-4-18(9-22-19)28(3,26)27/h4-5,7-9,14-15,17H,6,10-13H2,1-3H3/t15-,17+/m0/s1. The molecule has 2 bridgehead atoms. The summed E-state index contributed by atoms with van der Waals surface area (Å²) in [5.74, 6) is 1.51. The third-order valence-electron chi connectivity index (χ3n) is 5.72. The number of sulfone groups is 1. The topological polar surface area (TPSA) is 72.3 Å². The van der Waals surface area contributed by atoms with Crippen LogP contribution in [0.5, 0.6) is 0 Å². The summed E-state index contributed by atoms with van der Waals surface area (Å²) in [5.41, 5.74) is 2.48. The summed E-state index contributed by atoms with van der Waals surface area (Å²) in [6, 6.07) is 6.93. The van der Waals surface area contributed by atoms with Gasteiger partial charge in [-0.15, -0.1) is 0 Å². The van der Waals surface area contributed by atoms with E-state index in [9.17, 15) is 13.2 Å². The van der Waals surface area contributed by atoms with Gasteiger partial charge in [0.15, 0.2) is 9.84 Å². The number of piperidine rings is 1. The van der Waals surface area contributed by atoms with E-state index in [-0.39, 0.29) is 10.5 Å². The van der Waals surface area contributed by atoms with Crippen molar-refractivity contribution in [1.29, 1.82) is 0 Å². The van der Waals surface area contributed by atoms with Crippen molar-refractivity contribution in [2.45, 2.75) is 37.6 Å². The number of fused-ring (bicyclic) bond motifs is 4. The molecule has 2 aromatic heterocycles. The van der Waals surface area contributed by atoms with Crippen LogP contribution < -0.4 is 5.56 Å². The molecule has 0 amide bonds. The molecular formula is C21H27N3O3S. The zero-order valence-corrected chi connectivity index (χ0v) is 17.4. The highest BCUT2D eigenvalue weighted by atomic mass is 32.2. The molecule has 0 N–H and O–H groups in total. The number of nitrogens with zero attached hydrogens (tertiary/aromatic N) is 3. The first-order valence-corrected chi connectivity index (χ1v) is 11.7. The van der Waals surface area contributed by atoms with Gasteiger partial charge in [-0.1, -0.05) is 13.8 Å². The van der Waals surface area contributed by atoms with Gasteiger partial charge in [-0.3, -0.25) is 9.78 Å². The van der Waals surface area contributed by atoms with Crippen LogP contribution in [0.25, 0.3) is 11.3 Å². The van der Waals surface area contributed by atoms with Crippen molar-refractivity contribution in [3.63, 3.8) is 0 Å². The van der Waals surface area contributed by atoms with Gasteiger partial charge in [0.1, 0.15) is 0 Å². The molecule has 150 valence electrons. The molecule has 1 saturated heterocycles. The van der Waals surface area contributed by atoms with E-state index >= 15 is 0 Å². The van der Waals surface area contributed by atoms with Gasteiger partial charge in [0.05, 0.1) is 10.6 Å². The zero-order chi connectivity index (χ0) is 20.1. The van der Waals surface area contributed by atoms with Crippen molar-refractivity contribution in [1.82, 2.24) is 14.5 Å². The van der Waals surface area contributed by atoms with Gasteiger partial charge in [0.25, 0.3) is 5.56 Å². The lowest BCUT2D eigenvalue weighted by molar-refractivity contribution is 0.109. The van der Waals surface area contributed by atoms with Crippen molar-refractivity contribution >= 4 is 9.84 Å². The fourth-order valence-electron chi connectivity index (χ4n) is 4.64. The molecule has 4 heterocycles. The van der Waals surface area contributed by atoms with Gasteiger partial charge in [-0.05, 0) is 36.5 Å². The second-order valence-electron chi connectivity index (χ2n) is 8.68. The molecule has 0 aromatic carbocycles. The van der Waals surface area contributed by atoms with Crippen molar-refractivity contribution < 1.29 is 8.42 Å². The Morgan fingerprint density at radius 2 is 1.96 bits per heavy atom. The second-order valence-corrected chi connectivity index (χ2v) is 10.7. The van der Waals surface area contributed by atoms with Gasteiger partial charge in [-0.25, -0.2) is 8.42 Å². The van der Waals surface area contributed by atoms with E-state index in [1.165, 1.54) is 6.20 Å². The van der Waals surface area contributed by atoms with Crippen LogP contribution >= 0.6 is 0 Å². The van der Waals surface area contributed by atoms with E-state index in [2.05, 4.69) is 29.8 Å². The largest absolute Gasteiger partial charge is 0.312 e. The zero-order valence-electron chi connectivity index (χ0n) is 16.6. The summed E-state index contributed by atoms with van der Waals surface area (Å²) in [4.78, 5) is 19.8. The predicted octanol–water partition coefficient (Wildman–Crippen LogP) is 2.39. The predicted molar refractivity (Wildman–Crippen MR) is 109 cm³/mol. The fraction of sp³-hybridized carbons (Fsp3) is 0.524. The van der Waals surface area contributed by atoms with Crippen molar-refractivity contribution in [2.24, 2.45) is 11.8 Å². The van der Waals surface area contributed by atoms with E-state index < -0.39 is 9.84 Å². The molecule has 0 unspecified atom stereocenters. The molecule has 2 aromatic rings. The highest BCUT2D eigenvalue weighted by Crippen LogP contribution is 2.36. The average Bonchev–Trinajstić information content (AvgIpc) is 2.61. The van der Waals surface area contributed by atoms with Gasteiger partial charge >= 0.3 is 0 Å². The smallest absolute Gasteiger partial charge is 0.251 e. The van der Waals surface area contributed by atoms with Crippen LogP contribution in [0.4, 0.5) is 0 Å². The van der Waals surface area contributed by atoms with Gasteiger partial charge in [-0.2, -0.15) is 0 Å². The van der Waals surface area contributed by atoms with Crippen LogP contribution in [0.3, 0.4) is 0 Å². The Labute approximate surface area is 166 Å². The maximum Gasteiger partial charge on any atom is 0.251 e. The minimum atomic E-state index is -3.29. The Kier molecular flexibility index (Phi) is 4.91. The van der Waals surface area contributed by atoms with E-state index in [0.29, 0.717) is 23.4 Å². The maximum absolute atomic E-state index is 12.8. The molecule has 2 atom stereocenters. The Morgan fingerprint density at radius 3 is 2.61 bits per heavy atom. The Bertz CT molecular complexity index is 1040. The summed E-state index contributed by atoms with van der Waals surface area (Å²) < 4.78 is 25.2. The Balaban J connectivity index is 1.69. The molecule has 28 heavy (non-hydrogen) atoms. The molecule has 1 fully saturated rings. The molecule has 6 nitrogen and oxygen atoms in total. The molecule has 2 aliphatic heterocycles. The van der Waals surface area contributed by atoms with Crippen LogP contribution in [0, 0.1) is 11.8 Å². The molecule has 0 radical (unpaired) electrons. The lowest BCUT2D eigenvalue weighted by atomic mass is 9.82. The lowest BCUT2D eigenvalue weighted by Crippen LogP contribution is -2.48. The summed E-state index contributed by atoms with van der Waals surface area (Å²) in [6.07, 6.45) is 3.65. The summed E-state index contributed by atoms with van der Waals surface area (Å²) in [5, 5.41) is 0.